The number of carbonyl (C=O) groups excluding carboxylic acids is 2. The fourth-order valence-electron chi connectivity index (χ4n) is 2.70. The number of hydrogen-bond acceptors (Lipinski definition) is 5. The molecule has 6 N–H and O–H groups in total. The Morgan fingerprint density at radius 1 is 1.39 bits per heavy atom. The van der Waals surface area contributed by atoms with Gasteiger partial charge in [0.2, 0.25) is 11.8 Å². The third-order valence-corrected chi connectivity index (χ3v) is 3.76. The van der Waals surface area contributed by atoms with Crippen LogP contribution in [0.3, 0.4) is 0 Å². The van der Waals surface area contributed by atoms with Gasteiger partial charge in [0.1, 0.15) is 0 Å². The van der Waals surface area contributed by atoms with Gasteiger partial charge in [-0.15, -0.1) is 0 Å². The van der Waals surface area contributed by atoms with Crippen molar-refractivity contribution < 1.29 is 19.6 Å². The number of rotatable bonds is 5. The van der Waals surface area contributed by atoms with Crippen LogP contribution >= 0.6 is 0 Å². The second kappa shape index (κ2) is 4.87. The van der Waals surface area contributed by atoms with E-state index in [0.717, 1.165) is 6.42 Å². The summed E-state index contributed by atoms with van der Waals surface area (Å²) in [4.78, 5) is 24.3. The van der Waals surface area contributed by atoms with Gasteiger partial charge in [-0.2, -0.15) is 0 Å². The topological polar surface area (TPSA) is 130 Å². The molecule has 2 aliphatic rings. The molecule has 0 aromatic rings. The number of amides is 2. The van der Waals surface area contributed by atoms with Gasteiger partial charge in [0, 0.05) is 12.5 Å². The second-order valence-electron chi connectivity index (χ2n) is 5.14. The summed E-state index contributed by atoms with van der Waals surface area (Å²) in [5, 5.41) is 18.5. The van der Waals surface area contributed by atoms with Gasteiger partial charge in [-0.3, -0.25) is 9.59 Å². The normalized spacial score (nSPS) is 30.8. The first-order valence-electron chi connectivity index (χ1n) is 6.14. The molecule has 1 saturated carbocycles. The highest BCUT2D eigenvalue weighted by Gasteiger charge is 2.57. The van der Waals surface area contributed by atoms with E-state index in [1.807, 2.05) is 0 Å². The van der Waals surface area contributed by atoms with Crippen LogP contribution in [0.2, 0.25) is 0 Å². The SMILES string of the molecule is NC(=O)CC[C@H](N)C(=O)N1C(B(O)O)CC2CC21. The maximum absolute atomic E-state index is 12.1. The van der Waals surface area contributed by atoms with Gasteiger partial charge >= 0.3 is 7.12 Å². The fraction of sp³-hybridized carbons (Fsp3) is 0.800. The maximum Gasteiger partial charge on any atom is 0.475 e. The summed E-state index contributed by atoms with van der Waals surface area (Å²) in [5.41, 5.74) is 10.7. The van der Waals surface area contributed by atoms with Crippen LogP contribution < -0.4 is 11.5 Å². The minimum Gasteiger partial charge on any atom is -0.426 e. The zero-order valence-corrected chi connectivity index (χ0v) is 10.0. The Morgan fingerprint density at radius 2 is 2.06 bits per heavy atom. The van der Waals surface area contributed by atoms with Gasteiger partial charge in [0.25, 0.3) is 0 Å². The lowest BCUT2D eigenvalue weighted by molar-refractivity contribution is -0.133. The average molecular weight is 255 g/mol. The van der Waals surface area contributed by atoms with Crippen LogP contribution in [0.25, 0.3) is 0 Å². The standard InChI is InChI=1S/C10H18BN3O4/c12-6(1-2-9(13)15)10(16)14-7-3-5(7)4-8(14)11(17)18/h5-8,17-18H,1-4,12H2,(H2,13,15)/t5?,6-,7?,8?/m0/s1. The third-order valence-electron chi connectivity index (χ3n) is 3.76. The molecular weight excluding hydrogens is 237 g/mol. The number of piperidine rings is 1. The Labute approximate surface area is 105 Å². The lowest BCUT2D eigenvalue weighted by atomic mass is 9.76. The number of fused-ring (bicyclic) bond motifs is 1. The van der Waals surface area contributed by atoms with Crippen LogP contribution in [-0.2, 0) is 9.59 Å². The van der Waals surface area contributed by atoms with Crippen LogP contribution in [0.1, 0.15) is 25.7 Å². The van der Waals surface area contributed by atoms with Crippen molar-refractivity contribution in [2.24, 2.45) is 17.4 Å². The van der Waals surface area contributed by atoms with Crippen LogP contribution in [0.5, 0.6) is 0 Å². The number of primary amides is 1. The van der Waals surface area contributed by atoms with Crippen LogP contribution in [-0.4, -0.2) is 51.9 Å². The predicted molar refractivity (Wildman–Crippen MR) is 63.7 cm³/mol. The van der Waals surface area contributed by atoms with Crippen molar-refractivity contribution in [3.8, 4) is 0 Å². The molecule has 2 fully saturated rings. The molecule has 4 atom stereocenters. The first kappa shape index (κ1) is 13.3. The van der Waals surface area contributed by atoms with Crippen molar-refractivity contribution in [2.45, 2.75) is 43.7 Å². The highest BCUT2D eigenvalue weighted by Crippen LogP contribution is 2.48. The molecule has 8 heteroatoms. The molecule has 1 heterocycles. The molecule has 2 amide bonds. The van der Waals surface area contributed by atoms with Gasteiger partial charge in [-0.05, 0) is 25.2 Å². The molecule has 7 nitrogen and oxygen atoms in total. The van der Waals surface area contributed by atoms with E-state index in [4.69, 9.17) is 11.5 Å². The number of likely N-dealkylation sites (tertiary alicyclic amines) is 1. The summed E-state index contributed by atoms with van der Waals surface area (Å²) < 4.78 is 0. The minimum atomic E-state index is -1.54. The van der Waals surface area contributed by atoms with Crippen molar-refractivity contribution in [3.05, 3.63) is 0 Å². The molecule has 0 aromatic heterocycles. The summed E-state index contributed by atoms with van der Waals surface area (Å²) in [5.74, 6) is -1.02. The van der Waals surface area contributed by atoms with E-state index in [2.05, 4.69) is 0 Å². The second-order valence-corrected chi connectivity index (χ2v) is 5.14. The highest BCUT2D eigenvalue weighted by atomic mass is 16.4. The molecule has 3 unspecified atom stereocenters. The molecule has 1 aliphatic carbocycles. The van der Waals surface area contributed by atoms with E-state index in [1.54, 1.807) is 0 Å². The summed E-state index contributed by atoms with van der Waals surface area (Å²) >= 11 is 0. The predicted octanol–water partition coefficient (Wildman–Crippen LogP) is -2.42. The number of nitrogens with zero attached hydrogens (tertiary/aromatic N) is 1. The first-order chi connectivity index (χ1) is 8.41. The van der Waals surface area contributed by atoms with Gasteiger partial charge in [-0.1, -0.05) is 0 Å². The largest absolute Gasteiger partial charge is 0.475 e. The summed E-state index contributed by atoms with van der Waals surface area (Å²) in [6.07, 6.45) is 1.76. The Balaban J connectivity index is 1.96. The molecule has 2 rings (SSSR count). The molecule has 0 aromatic carbocycles. The van der Waals surface area contributed by atoms with Crippen LogP contribution in [0.15, 0.2) is 0 Å². The molecule has 0 spiro atoms. The average Bonchev–Trinajstić information content (AvgIpc) is 2.96. The lowest BCUT2D eigenvalue weighted by Crippen LogP contribution is -2.53. The van der Waals surface area contributed by atoms with E-state index in [9.17, 15) is 19.6 Å². The molecule has 1 saturated heterocycles. The summed E-state index contributed by atoms with van der Waals surface area (Å²) in [7, 11) is -1.54. The molecule has 0 radical (unpaired) electrons. The molecular formula is C10H18BN3O4. The van der Waals surface area contributed by atoms with Crippen LogP contribution in [0, 0.1) is 5.92 Å². The smallest absolute Gasteiger partial charge is 0.426 e. The maximum atomic E-state index is 12.1. The van der Waals surface area contributed by atoms with Crippen molar-refractivity contribution in [1.82, 2.24) is 4.90 Å². The fourth-order valence-corrected chi connectivity index (χ4v) is 2.70. The monoisotopic (exact) mass is 255 g/mol. The quantitative estimate of drug-likeness (QED) is 0.406. The molecule has 0 bridgehead atoms. The summed E-state index contributed by atoms with van der Waals surface area (Å²) in [6.45, 7) is 0. The Morgan fingerprint density at radius 3 is 2.61 bits per heavy atom. The van der Waals surface area contributed by atoms with E-state index >= 15 is 0 Å². The zero-order chi connectivity index (χ0) is 13.4. The summed E-state index contributed by atoms with van der Waals surface area (Å²) in [6, 6.07) is -0.720. The third kappa shape index (κ3) is 2.50. The van der Waals surface area contributed by atoms with Crippen molar-refractivity contribution in [2.75, 3.05) is 0 Å². The highest BCUT2D eigenvalue weighted by molar-refractivity contribution is 6.43. The number of nitrogens with two attached hydrogens (primary N) is 2. The van der Waals surface area contributed by atoms with Crippen molar-refractivity contribution in [3.63, 3.8) is 0 Å². The Bertz CT molecular complexity index is 365. The van der Waals surface area contributed by atoms with Crippen molar-refractivity contribution >= 4 is 18.9 Å². The minimum absolute atomic E-state index is 0.0567. The Hall–Kier alpha value is -1.12. The molecule has 100 valence electrons. The van der Waals surface area contributed by atoms with E-state index in [0.29, 0.717) is 12.3 Å². The molecule has 18 heavy (non-hydrogen) atoms. The van der Waals surface area contributed by atoms with Gasteiger partial charge < -0.3 is 26.4 Å². The van der Waals surface area contributed by atoms with Gasteiger partial charge in [0.05, 0.1) is 12.0 Å². The first-order valence-corrected chi connectivity index (χ1v) is 6.14. The van der Waals surface area contributed by atoms with E-state index < -0.39 is 25.0 Å². The molecule has 1 aliphatic heterocycles. The van der Waals surface area contributed by atoms with Crippen molar-refractivity contribution in [1.29, 1.82) is 0 Å². The van der Waals surface area contributed by atoms with Gasteiger partial charge in [-0.25, -0.2) is 0 Å². The zero-order valence-electron chi connectivity index (χ0n) is 10.0. The number of hydrogen-bond donors (Lipinski definition) is 4. The number of carbonyl (C=O) groups is 2. The van der Waals surface area contributed by atoms with Gasteiger partial charge in [0.15, 0.2) is 0 Å². The lowest BCUT2D eigenvalue weighted by Gasteiger charge is -2.29. The Kier molecular flexibility index (Phi) is 3.60. The van der Waals surface area contributed by atoms with E-state index in [1.165, 1.54) is 4.90 Å². The van der Waals surface area contributed by atoms with E-state index in [-0.39, 0.29) is 24.8 Å². The van der Waals surface area contributed by atoms with Crippen LogP contribution in [0.4, 0.5) is 0 Å².